The molecule has 3 heteroatoms. The van der Waals surface area contributed by atoms with Crippen LogP contribution in [0.3, 0.4) is 0 Å². The van der Waals surface area contributed by atoms with Gasteiger partial charge in [-0.2, -0.15) is 0 Å². The molecule has 11 heavy (non-hydrogen) atoms. The zero-order chi connectivity index (χ0) is 7.90. The Morgan fingerprint density at radius 2 is 2.00 bits per heavy atom. The lowest BCUT2D eigenvalue weighted by atomic mass is 9.58. The first-order chi connectivity index (χ1) is 5.26. The third-order valence-electron chi connectivity index (χ3n) is 3.30. The lowest BCUT2D eigenvalue weighted by Crippen LogP contribution is -2.63. The van der Waals surface area contributed by atoms with Gasteiger partial charge < -0.3 is 15.6 Å². The van der Waals surface area contributed by atoms with E-state index in [4.69, 9.17) is 10.5 Å². The van der Waals surface area contributed by atoms with Crippen LogP contribution in [0.5, 0.6) is 0 Å². The highest BCUT2D eigenvalue weighted by Gasteiger charge is 2.52. The maximum atomic E-state index is 9.56. The van der Waals surface area contributed by atoms with Crippen molar-refractivity contribution in [1.82, 2.24) is 0 Å². The van der Waals surface area contributed by atoms with Crippen molar-refractivity contribution in [3.63, 3.8) is 0 Å². The third-order valence-corrected chi connectivity index (χ3v) is 3.30. The van der Waals surface area contributed by atoms with E-state index in [0.717, 1.165) is 32.5 Å². The lowest BCUT2D eigenvalue weighted by molar-refractivity contribution is -0.138. The van der Waals surface area contributed by atoms with Gasteiger partial charge in [0.1, 0.15) is 0 Å². The van der Waals surface area contributed by atoms with Gasteiger partial charge >= 0.3 is 0 Å². The predicted molar refractivity (Wildman–Crippen MR) is 41.1 cm³/mol. The highest BCUT2D eigenvalue weighted by molar-refractivity contribution is 5.06. The van der Waals surface area contributed by atoms with Crippen LogP contribution in [0.4, 0.5) is 0 Å². The number of aliphatic hydroxyl groups excluding tert-OH is 1. The van der Waals surface area contributed by atoms with Crippen LogP contribution in [0, 0.1) is 5.41 Å². The van der Waals surface area contributed by atoms with E-state index in [1.807, 2.05) is 0 Å². The van der Waals surface area contributed by atoms with Crippen molar-refractivity contribution in [1.29, 1.82) is 0 Å². The quantitative estimate of drug-likeness (QED) is 0.515. The summed E-state index contributed by atoms with van der Waals surface area (Å²) >= 11 is 0. The number of aliphatic hydroxyl groups is 1. The van der Waals surface area contributed by atoms with E-state index >= 15 is 0 Å². The Kier molecular flexibility index (Phi) is 1.67. The van der Waals surface area contributed by atoms with Crippen LogP contribution in [-0.2, 0) is 4.74 Å². The molecule has 3 nitrogen and oxygen atoms in total. The first-order valence-corrected chi connectivity index (χ1v) is 4.27. The number of rotatable bonds is 0. The summed E-state index contributed by atoms with van der Waals surface area (Å²) in [5.74, 6) is 0. The Labute approximate surface area is 66.5 Å². The van der Waals surface area contributed by atoms with Gasteiger partial charge in [-0.15, -0.1) is 0 Å². The average Bonchev–Trinajstić information content (AvgIpc) is 2.07. The van der Waals surface area contributed by atoms with Crippen molar-refractivity contribution >= 4 is 0 Å². The van der Waals surface area contributed by atoms with Crippen LogP contribution in [0.1, 0.15) is 19.3 Å². The summed E-state index contributed by atoms with van der Waals surface area (Å²) in [6.45, 7) is 1.54. The maximum Gasteiger partial charge on any atom is 0.0627 e. The second-order valence-electron chi connectivity index (χ2n) is 3.70. The molecular formula is C8H15NO2. The number of hydrogen-bond donors (Lipinski definition) is 2. The van der Waals surface area contributed by atoms with Crippen LogP contribution in [0.2, 0.25) is 0 Å². The van der Waals surface area contributed by atoms with E-state index in [-0.39, 0.29) is 17.6 Å². The molecule has 1 aliphatic carbocycles. The van der Waals surface area contributed by atoms with E-state index in [1.54, 1.807) is 0 Å². The molecule has 1 saturated heterocycles. The minimum atomic E-state index is -0.165. The largest absolute Gasteiger partial charge is 0.392 e. The SMILES string of the molecule is N[C@@H]1C[C@@H](O)C12CCOCC2. The second-order valence-corrected chi connectivity index (χ2v) is 3.70. The summed E-state index contributed by atoms with van der Waals surface area (Å²) in [7, 11) is 0. The van der Waals surface area contributed by atoms with Gasteiger partial charge in [-0.1, -0.05) is 0 Å². The van der Waals surface area contributed by atoms with Crippen molar-refractivity contribution in [2.24, 2.45) is 11.1 Å². The van der Waals surface area contributed by atoms with Crippen molar-refractivity contribution in [3.05, 3.63) is 0 Å². The Morgan fingerprint density at radius 1 is 1.36 bits per heavy atom. The molecule has 2 atom stereocenters. The summed E-state index contributed by atoms with van der Waals surface area (Å²) in [6.07, 6.45) is 2.49. The summed E-state index contributed by atoms with van der Waals surface area (Å²) in [4.78, 5) is 0. The van der Waals surface area contributed by atoms with Gasteiger partial charge in [0.2, 0.25) is 0 Å². The van der Waals surface area contributed by atoms with E-state index < -0.39 is 0 Å². The van der Waals surface area contributed by atoms with Crippen LogP contribution in [0.15, 0.2) is 0 Å². The smallest absolute Gasteiger partial charge is 0.0627 e. The Morgan fingerprint density at radius 3 is 2.36 bits per heavy atom. The van der Waals surface area contributed by atoms with Gasteiger partial charge in [0, 0.05) is 24.7 Å². The lowest BCUT2D eigenvalue weighted by Gasteiger charge is -2.54. The highest BCUT2D eigenvalue weighted by Crippen LogP contribution is 2.47. The van der Waals surface area contributed by atoms with Gasteiger partial charge in [0.05, 0.1) is 6.10 Å². The zero-order valence-electron chi connectivity index (χ0n) is 6.62. The normalized spacial score (nSPS) is 42.0. The molecule has 3 N–H and O–H groups in total. The molecule has 0 radical (unpaired) electrons. The van der Waals surface area contributed by atoms with Crippen molar-refractivity contribution in [2.45, 2.75) is 31.4 Å². The van der Waals surface area contributed by atoms with Crippen LogP contribution >= 0.6 is 0 Å². The van der Waals surface area contributed by atoms with E-state index in [2.05, 4.69) is 0 Å². The fourth-order valence-corrected chi connectivity index (χ4v) is 2.25. The molecule has 1 spiro atoms. The van der Waals surface area contributed by atoms with Crippen molar-refractivity contribution in [2.75, 3.05) is 13.2 Å². The number of nitrogens with two attached hydrogens (primary N) is 1. The minimum Gasteiger partial charge on any atom is -0.392 e. The molecule has 0 aromatic heterocycles. The molecule has 0 aromatic rings. The van der Waals surface area contributed by atoms with Gasteiger partial charge in [-0.3, -0.25) is 0 Å². The molecule has 64 valence electrons. The van der Waals surface area contributed by atoms with Gasteiger partial charge in [-0.25, -0.2) is 0 Å². The Hall–Kier alpha value is -0.120. The van der Waals surface area contributed by atoms with E-state index in [9.17, 15) is 5.11 Å². The molecule has 2 fully saturated rings. The summed E-state index contributed by atoms with van der Waals surface area (Å²) < 4.78 is 5.23. The molecule has 2 rings (SSSR count). The van der Waals surface area contributed by atoms with Crippen LogP contribution < -0.4 is 5.73 Å². The van der Waals surface area contributed by atoms with E-state index in [1.165, 1.54) is 0 Å². The fourth-order valence-electron chi connectivity index (χ4n) is 2.25. The van der Waals surface area contributed by atoms with Gasteiger partial charge in [-0.05, 0) is 19.3 Å². The predicted octanol–water partition coefficient (Wildman–Crippen LogP) is -0.125. The molecule has 1 heterocycles. The molecule has 1 aliphatic heterocycles. The standard InChI is InChI=1S/C8H15NO2/c9-6-5-7(10)8(6)1-3-11-4-2-8/h6-7,10H,1-5,9H2/t6-,7-/m1/s1. The summed E-state index contributed by atoms with van der Waals surface area (Å²) in [6, 6.07) is 0.210. The second kappa shape index (κ2) is 2.44. The molecule has 0 bridgehead atoms. The molecule has 1 saturated carbocycles. The fraction of sp³-hybridized carbons (Fsp3) is 1.00. The van der Waals surface area contributed by atoms with E-state index in [0.29, 0.717) is 0 Å². The first kappa shape index (κ1) is 7.53. The molecule has 0 aromatic carbocycles. The molecular weight excluding hydrogens is 142 g/mol. The van der Waals surface area contributed by atoms with Crippen molar-refractivity contribution in [3.8, 4) is 0 Å². The Balaban J connectivity index is 2.06. The van der Waals surface area contributed by atoms with Crippen molar-refractivity contribution < 1.29 is 9.84 Å². The number of ether oxygens (including phenoxy) is 1. The average molecular weight is 157 g/mol. The summed E-state index contributed by atoms with van der Waals surface area (Å²) in [5, 5.41) is 9.56. The minimum absolute atomic E-state index is 0.0260. The molecule has 2 aliphatic rings. The van der Waals surface area contributed by atoms with Gasteiger partial charge in [0.25, 0.3) is 0 Å². The molecule has 0 unspecified atom stereocenters. The molecule has 0 amide bonds. The third kappa shape index (κ3) is 0.916. The highest BCUT2D eigenvalue weighted by atomic mass is 16.5. The van der Waals surface area contributed by atoms with Crippen LogP contribution in [-0.4, -0.2) is 30.5 Å². The van der Waals surface area contributed by atoms with Crippen LogP contribution in [0.25, 0.3) is 0 Å². The monoisotopic (exact) mass is 157 g/mol. The first-order valence-electron chi connectivity index (χ1n) is 4.27. The zero-order valence-corrected chi connectivity index (χ0v) is 6.62. The van der Waals surface area contributed by atoms with Gasteiger partial charge in [0.15, 0.2) is 0 Å². The number of hydrogen-bond acceptors (Lipinski definition) is 3. The summed E-state index contributed by atoms with van der Waals surface area (Å²) in [5.41, 5.74) is 5.89. The Bertz CT molecular complexity index is 144. The maximum absolute atomic E-state index is 9.56. The topological polar surface area (TPSA) is 55.5 Å².